The van der Waals surface area contributed by atoms with Crippen molar-refractivity contribution in [3.63, 3.8) is 0 Å². The van der Waals surface area contributed by atoms with Crippen LogP contribution in [0.1, 0.15) is 0 Å². The van der Waals surface area contributed by atoms with Gasteiger partial charge in [0.05, 0.1) is 20.8 Å². The fourth-order valence-electron chi connectivity index (χ4n) is 7.43. The van der Waals surface area contributed by atoms with E-state index in [1.807, 2.05) is 22.7 Å². The number of fused-ring (bicyclic) bond motifs is 6. The van der Waals surface area contributed by atoms with Crippen molar-refractivity contribution in [2.45, 2.75) is 0 Å². The van der Waals surface area contributed by atoms with Crippen molar-refractivity contribution in [1.82, 2.24) is 0 Å². The normalized spacial score (nSPS) is 11.5. The average Bonchev–Trinajstić information content (AvgIpc) is 3.78. The van der Waals surface area contributed by atoms with Crippen molar-refractivity contribution in [3.8, 4) is 33.4 Å². The number of hydrogen-bond donors (Lipinski definition) is 0. The molecule has 0 unspecified atom stereocenters. The van der Waals surface area contributed by atoms with Crippen molar-refractivity contribution in [3.05, 3.63) is 188 Å². The Kier molecular flexibility index (Phi) is 7.26. The highest BCUT2D eigenvalue weighted by molar-refractivity contribution is 7.27. The first-order valence-corrected chi connectivity index (χ1v) is 18.9. The van der Waals surface area contributed by atoms with Crippen LogP contribution in [-0.2, 0) is 0 Å². The van der Waals surface area contributed by atoms with Crippen LogP contribution in [0.3, 0.4) is 0 Å². The monoisotopic (exact) mass is 685 g/mol. The molecule has 0 aliphatic rings. The maximum absolute atomic E-state index is 2.53. The summed E-state index contributed by atoms with van der Waals surface area (Å²) in [5.74, 6) is 0. The molecule has 0 radical (unpaired) electrons. The van der Waals surface area contributed by atoms with Gasteiger partial charge in [0.2, 0.25) is 0 Å². The molecular weight excluding hydrogens is 655 g/mol. The van der Waals surface area contributed by atoms with Gasteiger partial charge in [0.25, 0.3) is 0 Å². The first kappa shape index (κ1) is 29.9. The molecule has 8 aromatic carbocycles. The molecule has 10 rings (SSSR count). The van der Waals surface area contributed by atoms with Gasteiger partial charge in [0.1, 0.15) is 0 Å². The van der Waals surface area contributed by atoms with E-state index in [0.717, 1.165) is 5.69 Å². The Morgan fingerprint density at radius 2 is 0.784 bits per heavy atom. The van der Waals surface area contributed by atoms with E-state index in [-0.39, 0.29) is 0 Å². The number of nitrogens with zero attached hydrogens (tertiary/aromatic N) is 1. The molecule has 0 N–H and O–H groups in total. The Labute approximate surface area is 304 Å². The maximum atomic E-state index is 2.53. The SMILES string of the molecule is c1ccc(-c2ccc(-c3ccc(N(c4cccc5c4sc4ccccc45)c4c(-c5ccccc5)ccc5c4sc4ccccc45)cc3)cc2)cc1. The van der Waals surface area contributed by atoms with Crippen LogP contribution in [0.25, 0.3) is 73.7 Å². The van der Waals surface area contributed by atoms with Gasteiger partial charge in [0.15, 0.2) is 0 Å². The number of anilines is 3. The highest BCUT2D eigenvalue weighted by atomic mass is 32.1. The second kappa shape index (κ2) is 12.4. The molecule has 0 aliphatic carbocycles. The van der Waals surface area contributed by atoms with Crippen LogP contribution in [0.2, 0.25) is 0 Å². The van der Waals surface area contributed by atoms with Crippen LogP contribution in [0.5, 0.6) is 0 Å². The molecule has 2 heterocycles. The summed E-state index contributed by atoms with van der Waals surface area (Å²) in [4.78, 5) is 2.53. The average molecular weight is 686 g/mol. The largest absolute Gasteiger partial charge is 0.307 e. The lowest BCUT2D eigenvalue weighted by Crippen LogP contribution is -2.11. The van der Waals surface area contributed by atoms with E-state index >= 15 is 0 Å². The van der Waals surface area contributed by atoms with Crippen molar-refractivity contribution in [1.29, 1.82) is 0 Å². The van der Waals surface area contributed by atoms with Crippen LogP contribution in [0.4, 0.5) is 17.1 Å². The van der Waals surface area contributed by atoms with E-state index in [9.17, 15) is 0 Å². The minimum Gasteiger partial charge on any atom is -0.307 e. The molecule has 240 valence electrons. The van der Waals surface area contributed by atoms with Crippen molar-refractivity contribution < 1.29 is 0 Å². The van der Waals surface area contributed by atoms with Crippen LogP contribution >= 0.6 is 22.7 Å². The topological polar surface area (TPSA) is 3.24 Å². The van der Waals surface area contributed by atoms with E-state index in [1.54, 1.807) is 0 Å². The smallest absolute Gasteiger partial charge is 0.0719 e. The van der Waals surface area contributed by atoms with Gasteiger partial charge >= 0.3 is 0 Å². The third-order valence-corrected chi connectivity index (χ3v) is 12.3. The number of hydrogen-bond acceptors (Lipinski definition) is 3. The van der Waals surface area contributed by atoms with Gasteiger partial charge in [0, 0.05) is 42.2 Å². The molecular formula is C48H31NS2. The molecule has 0 fully saturated rings. The highest BCUT2D eigenvalue weighted by Crippen LogP contribution is 2.52. The van der Waals surface area contributed by atoms with Crippen LogP contribution in [-0.4, -0.2) is 0 Å². The first-order chi connectivity index (χ1) is 25.3. The molecule has 10 aromatic rings. The standard InChI is InChI=1S/C48H31NS2/c1-3-12-32(13-4-1)33-22-24-34(25-23-33)35-26-28-37(29-27-35)49(43-19-11-18-41-39-16-7-9-20-44(39)50-47(41)43)46-38(36-14-5-2-6-15-36)30-31-42-40-17-8-10-21-45(40)51-48(42)46/h1-31H. The Balaban J connectivity index is 1.21. The Hall–Kier alpha value is -6.00. The lowest BCUT2D eigenvalue weighted by Gasteiger charge is -2.29. The van der Waals surface area contributed by atoms with Gasteiger partial charge in [-0.2, -0.15) is 0 Å². The van der Waals surface area contributed by atoms with Crippen LogP contribution in [0.15, 0.2) is 188 Å². The summed E-state index contributed by atoms with van der Waals surface area (Å²) in [6.07, 6.45) is 0. The van der Waals surface area contributed by atoms with Crippen LogP contribution in [0, 0.1) is 0 Å². The fraction of sp³-hybridized carbons (Fsp3) is 0. The Morgan fingerprint density at radius 3 is 1.41 bits per heavy atom. The minimum atomic E-state index is 1.13. The molecule has 1 nitrogen and oxygen atoms in total. The third-order valence-electron chi connectivity index (χ3n) is 9.90. The molecule has 0 aliphatic heterocycles. The van der Waals surface area contributed by atoms with E-state index in [1.165, 1.54) is 85.1 Å². The molecule has 0 saturated carbocycles. The van der Waals surface area contributed by atoms with Crippen molar-refractivity contribution in [2.75, 3.05) is 4.90 Å². The van der Waals surface area contributed by atoms with Crippen molar-refractivity contribution in [2.24, 2.45) is 0 Å². The molecule has 0 bridgehead atoms. The summed E-state index contributed by atoms with van der Waals surface area (Å²) in [5, 5.41) is 5.18. The second-order valence-corrected chi connectivity index (χ2v) is 15.0. The molecule has 0 atom stereocenters. The first-order valence-electron chi connectivity index (χ1n) is 17.3. The molecule has 51 heavy (non-hydrogen) atoms. The molecule has 0 amide bonds. The Bertz CT molecular complexity index is 2830. The van der Waals surface area contributed by atoms with Gasteiger partial charge in [-0.15, -0.1) is 22.7 Å². The van der Waals surface area contributed by atoms with E-state index in [2.05, 4.69) is 193 Å². The zero-order chi connectivity index (χ0) is 33.7. The van der Waals surface area contributed by atoms with Gasteiger partial charge in [-0.3, -0.25) is 0 Å². The summed E-state index contributed by atoms with van der Waals surface area (Å²) in [6, 6.07) is 68.5. The predicted octanol–water partition coefficient (Wildman–Crippen LogP) is 14.9. The van der Waals surface area contributed by atoms with Gasteiger partial charge < -0.3 is 4.90 Å². The summed E-state index contributed by atoms with van der Waals surface area (Å²) in [6.45, 7) is 0. The fourth-order valence-corrected chi connectivity index (χ4v) is 9.88. The zero-order valence-corrected chi connectivity index (χ0v) is 29.3. The number of rotatable bonds is 6. The highest BCUT2D eigenvalue weighted by Gasteiger charge is 2.25. The van der Waals surface area contributed by atoms with E-state index in [4.69, 9.17) is 0 Å². The predicted molar refractivity (Wildman–Crippen MR) is 223 cm³/mol. The summed E-state index contributed by atoms with van der Waals surface area (Å²) < 4.78 is 5.18. The quantitative estimate of drug-likeness (QED) is 0.168. The third kappa shape index (κ3) is 5.13. The number of benzene rings is 8. The zero-order valence-electron chi connectivity index (χ0n) is 27.7. The van der Waals surface area contributed by atoms with E-state index < -0.39 is 0 Å². The molecule has 2 aromatic heterocycles. The maximum Gasteiger partial charge on any atom is 0.0719 e. The lowest BCUT2D eigenvalue weighted by atomic mass is 9.98. The van der Waals surface area contributed by atoms with Gasteiger partial charge in [-0.1, -0.05) is 158 Å². The lowest BCUT2D eigenvalue weighted by molar-refractivity contribution is 1.32. The second-order valence-electron chi connectivity index (χ2n) is 12.9. The molecule has 0 spiro atoms. The number of thiophene rings is 2. The van der Waals surface area contributed by atoms with Gasteiger partial charge in [-0.05, 0) is 58.1 Å². The van der Waals surface area contributed by atoms with E-state index in [0.29, 0.717) is 0 Å². The molecule has 0 saturated heterocycles. The molecule has 3 heteroatoms. The summed E-state index contributed by atoms with van der Waals surface area (Å²) in [7, 11) is 0. The minimum absolute atomic E-state index is 1.13. The summed E-state index contributed by atoms with van der Waals surface area (Å²) in [5.41, 5.74) is 10.8. The Morgan fingerprint density at radius 1 is 0.314 bits per heavy atom. The van der Waals surface area contributed by atoms with Crippen LogP contribution < -0.4 is 4.90 Å². The van der Waals surface area contributed by atoms with Gasteiger partial charge in [-0.25, -0.2) is 0 Å². The van der Waals surface area contributed by atoms with Crippen molar-refractivity contribution >= 4 is 80.1 Å². The summed E-state index contributed by atoms with van der Waals surface area (Å²) >= 11 is 3.77.